The summed E-state index contributed by atoms with van der Waals surface area (Å²) >= 11 is 0. The van der Waals surface area contributed by atoms with Gasteiger partial charge in [0.25, 0.3) is 0 Å². The Morgan fingerprint density at radius 3 is 1.86 bits per heavy atom. The van der Waals surface area contributed by atoms with Gasteiger partial charge in [0.2, 0.25) is 0 Å². The lowest BCUT2D eigenvalue weighted by Gasteiger charge is -2.27. The average molecular weight is 472 g/mol. The number of ether oxygens (including phenoxy) is 2. The molecule has 0 saturated carbocycles. The number of hydrogen-bond donors (Lipinski definition) is 2. The molecule has 1 unspecified atom stereocenters. The van der Waals surface area contributed by atoms with Crippen molar-refractivity contribution in [2.24, 2.45) is 0 Å². The van der Waals surface area contributed by atoms with Gasteiger partial charge in [0.15, 0.2) is 6.04 Å². The maximum absolute atomic E-state index is 12.8. The molecule has 3 rings (SSSR count). The molecule has 3 aromatic carbocycles. The van der Waals surface area contributed by atoms with E-state index in [-0.39, 0.29) is 19.6 Å². The molecule has 8 nitrogen and oxygen atoms in total. The predicted molar refractivity (Wildman–Crippen MR) is 128 cm³/mol. The fraction of sp³-hybridized carbons (Fsp3) is 0.148. The molecular weight excluding hydrogens is 448 g/mol. The first-order valence-electron chi connectivity index (χ1n) is 10.8. The Balaban J connectivity index is 1.72. The highest BCUT2D eigenvalue weighted by molar-refractivity contribution is 5.82. The van der Waals surface area contributed by atoms with Crippen LogP contribution in [0.5, 0.6) is 0 Å². The third-order valence-corrected chi connectivity index (χ3v) is 4.72. The zero-order valence-electron chi connectivity index (χ0n) is 18.8. The highest BCUT2D eigenvalue weighted by atomic mass is 16.6. The summed E-state index contributed by atoms with van der Waals surface area (Å²) in [6.07, 6.45) is -2.32. The van der Waals surface area contributed by atoms with E-state index in [4.69, 9.17) is 9.47 Å². The number of benzene rings is 3. The molecule has 8 heteroatoms. The van der Waals surface area contributed by atoms with E-state index in [9.17, 15) is 19.5 Å². The average Bonchev–Trinajstić information content (AvgIpc) is 2.89. The molecule has 2 amide bonds. The smallest absolute Gasteiger partial charge is 0.429 e. The van der Waals surface area contributed by atoms with Crippen LogP contribution in [0.25, 0.3) is 0 Å². The number of hydrogen-bond acceptors (Lipinski definition) is 5. The fourth-order valence-electron chi connectivity index (χ4n) is 2.95. The van der Waals surface area contributed by atoms with Gasteiger partial charge in [0.05, 0.1) is 0 Å². The van der Waals surface area contributed by atoms with Crippen LogP contribution in [-0.4, -0.2) is 34.3 Å². The second kappa shape index (κ2) is 13.1. The van der Waals surface area contributed by atoms with Crippen LogP contribution in [0.2, 0.25) is 0 Å². The van der Waals surface area contributed by atoms with Crippen molar-refractivity contribution < 1.29 is 29.0 Å². The molecule has 178 valence electrons. The van der Waals surface area contributed by atoms with Crippen LogP contribution < -0.4 is 5.43 Å². The lowest BCUT2D eigenvalue weighted by atomic mass is 10.2. The third-order valence-electron chi connectivity index (χ3n) is 4.72. The maximum atomic E-state index is 12.8. The van der Waals surface area contributed by atoms with Crippen LogP contribution in [0.4, 0.5) is 9.59 Å². The van der Waals surface area contributed by atoms with E-state index in [0.717, 1.165) is 5.56 Å². The van der Waals surface area contributed by atoms with E-state index in [1.165, 1.54) is 0 Å². The van der Waals surface area contributed by atoms with Crippen molar-refractivity contribution in [1.29, 1.82) is 0 Å². The Hall–Kier alpha value is -4.77. The molecule has 0 bridgehead atoms. The zero-order valence-corrected chi connectivity index (χ0v) is 18.8. The van der Waals surface area contributed by atoms with Crippen LogP contribution in [0.15, 0.2) is 91.0 Å². The first-order valence-corrected chi connectivity index (χ1v) is 10.8. The Labute approximate surface area is 203 Å². The van der Waals surface area contributed by atoms with Gasteiger partial charge >= 0.3 is 18.2 Å². The molecule has 0 saturated heterocycles. The number of nitrogens with one attached hydrogen (secondary N) is 1. The van der Waals surface area contributed by atoms with E-state index >= 15 is 0 Å². The standard InChI is InChI=1S/C27H24N2O6/c30-25(31)24(18-10-17-21-11-4-1-5-12-21)29(27(33)35-20-23-15-8-3-9-16-23)28-26(32)34-19-22-13-6-2-7-14-22/h1-9,11-16,24H,18-20H2,(H,28,32)(H,30,31). The van der Waals surface area contributed by atoms with Crippen molar-refractivity contribution in [3.8, 4) is 11.8 Å². The summed E-state index contributed by atoms with van der Waals surface area (Å²) in [6, 6.07) is 25.3. The number of carbonyl (C=O) groups excluding carboxylic acids is 2. The van der Waals surface area contributed by atoms with Crippen LogP contribution in [0.3, 0.4) is 0 Å². The van der Waals surface area contributed by atoms with Crippen molar-refractivity contribution in [1.82, 2.24) is 10.4 Å². The van der Waals surface area contributed by atoms with Crippen molar-refractivity contribution in [2.75, 3.05) is 0 Å². The summed E-state index contributed by atoms with van der Waals surface area (Å²) in [5.74, 6) is 4.23. The van der Waals surface area contributed by atoms with Crippen molar-refractivity contribution in [3.63, 3.8) is 0 Å². The third kappa shape index (κ3) is 8.26. The number of hydrazine groups is 1. The van der Waals surface area contributed by atoms with Gasteiger partial charge in [-0.25, -0.2) is 24.8 Å². The summed E-state index contributed by atoms with van der Waals surface area (Å²) in [5, 5.41) is 10.4. The summed E-state index contributed by atoms with van der Waals surface area (Å²) in [4.78, 5) is 37.3. The number of carboxylic acids is 1. The minimum absolute atomic E-state index is 0.0644. The molecule has 0 aromatic heterocycles. The van der Waals surface area contributed by atoms with Gasteiger partial charge in [-0.15, -0.1) is 0 Å². The number of rotatable bonds is 7. The summed E-state index contributed by atoms with van der Waals surface area (Å²) in [6.45, 7) is -0.177. The monoisotopic (exact) mass is 472 g/mol. The highest BCUT2D eigenvalue weighted by Gasteiger charge is 2.32. The molecule has 3 aromatic rings. The van der Waals surface area contributed by atoms with Crippen molar-refractivity contribution in [3.05, 3.63) is 108 Å². The normalized spacial score (nSPS) is 10.7. The van der Waals surface area contributed by atoms with Gasteiger partial charge in [-0.3, -0.25) is 0 Å². The number of nitrogens with zero attached hydrogens (tertiary/aromatic N) is 1. The SMILES string of the molecule is O=C(NN(C(=O)OCc1ccccc1)C(CC#Cc1ccccc1)C(=O)O)OCc1ccccc1. The van der Waals surface area contributed by atoms with Gasteiger partial charge in [-0.1, -0.05) is 90.7 Å². The van der Waals surface area contributed by atoms with Crippen LogP contribution in [0.1, 0.15) is 23.1 Å². The minimum Gasteiger partial charge on any atom is -0.480 e. The number of carboxylic acid groups (broad SMARTS) is 1. The van der Waals surface area contributed by atoms with E-state index in [1.807, 2.05) is 18.2 Å². The van der Waals surface area contributed by atoms with Crippen molar-refractivity contribution in [2.45, 2.75) is 25.7 Å². The molecule has 0 radical (unpaired) electrons. The summed E-state index contributed by atoms with van der Waals surface area (Å²) < 4.78 is 10.4. The topological polar surface area (TPSA) is 105 Å². The number of carbonyl (C=O) groups is 3. The Morgan fingerprint density at radius 2 is 1.31 bits per heavy atom. The largest absolute Gasteiger partial charge is 0.480 e. The summed E-state index contributed by atoms with van der Waals surface area (Å²) in [5.41, 5.74) is 4.31. The fourth-order valence-corrected chi connectivity index (χ4v) is 2.95. The van der Waals surface area contributed by atoms with E-state index < -0.39 is 24.2 Å². The van der Waals surface area contributed by atoms with Crippen LogP contribution in [-0.2, 0) is 27.5 Å². The van der Waals surface area contributed by atoms with Gasteiger partial charge in [-0.2, -0.15) is 0 Å². The second-order valence-electron chi connectivity index (χ2n) is 7.31. The maximum Gasteiger partial charge on any atom is 0.429 e. The zero-order chi connectivity index (χ0) is 24.9. The Bertz CT molecular complexity index is 1170. The quantitative estimate of drug-likeness (QED) is 0.391. The predicted octanol–water partition coefficient (Wildman–Crippen LogP) is 4.36. The second-order valence-corrected chi connectivity index (χ2v) is 7.31. The van der Waals surface area contributed by atoms with Crippen molar-refractivity contribution >= 4 is 18.2 Å². The number of amides is 2. The number of aliphatic carboxylic acids is 1. The Kier molecular flexibility index (Phi) is 9.28. The first kappa shape index (κ1) is 24.9. The molecule has 0 spiro atoms. The lowest BCUT2D eigenvalue weighted by Crippen LogP contribution is -2.55. The molecule has 0 aliphatic heterocycles. The van der Waals surface area contributed by atoms with Gasteiger partial charge in [0.1, 0.15) is 13.2 Å². The van der Waals surface area contributed by atoms with Gasteiger partial charge in [-0.05, 0) is 23.3 Å². The van der Waals surface area contributed by atoms with E-state index in [2.05, 4.69) is 17.3 Å². The molecule has 1 atom stereocenters. The van der Waals surface area contributed by atoms with E-state index in [1.54, 1.807) is 72.8 Å². The van der Waals surface area contributed by atoms with E-state index in [0.29, 0.717) is 16.1 Å². The molecule has 0 aliphatic rings. The molecule has 0 heterocycles. The van der Waals surface area contributed by atoms with Crippen LogP contribution >= 0.6 is 0 Å². The molecular formula is C27H24N2O6. The first-order chi connectivity index (χ1) is 17.0. The molecule has 0 aliphatic carbocycles. The molecule has 2 N–H and O–H groups in total. The minimum atomic E-state index is -1.52. The molecule has 0 fully saturated rings. The van der Waals surface area contributed by atoms with Gasteiger partial charge in [0, 0.05) is 12.0 Å². The van der Waals surface area contributed by atoms with Crippen LogP contribution in [0, 0.1) is 11.8 Å². The lowest BCUT2D eigenvalue weighted by molar-refractivity contribution is -0.143. The Morgan fingerprint density at radius 1 is 0.800 bits per heavy atom. The highest BCUT2D eigenvalue weighted by Crippen LogP contribution is 2.09. The van der Waals surface area contributed by atoms with Gasteiger partial charge < -0.3 is 14.6 Å². The summed E-state index contributed by atoms with van der Waals surface area (Å²) in [7, 11) is 0. The molecule has 35 heavy (non-hydrogen) atoms.